The number of hydrogen-bond acceptors (Lipinski definition) is 3. The predicted molar refractivity (Wildman–Crippen MR) is 80.5 cm³/mol. The molecule has 6 heteroatoms. The molecule has 1 saturated carbocycles. The number of benzene rings is 1. The van der Waals surface area contributed by atoms with Gasteiger partial charge in [-0.05, 0) is 25.0 Å². The first kappa shape index (κ1) is 14.8. The normalized spacial score (nSPS) is 21.8. The van der Waals surface area contributed by atoms with Gasteiger partial charge < -0.3 is 20.1 Å². The van der Waals surface area contributed by atoms with Crippen molar-refractivity contribution in [2.75, 3.05) is 7.11 Å². The third-order valence-corrected chi connectivity index (χ3v) is 4.26. The summed E-state index contributed by atoms with van der Waals surface area (Å²) in [5, 5.41) is 13.0. The number of carbonyl (C=O) groups is 1. The van der Waals surface area contributed by atoms with Gasteiger partial charge in [-0.2, -0.15) is 0 Å². The predicted octanol–water partition coefficient (Wildman–Crippen LogP) is 2.35. The highest BCUT2D eigenvalue weighted by Gasteiger charge is 2.26. The number of aromatic amines is 1. The van der Waals surface area contributed by atoms with Crippen LogP contribution in [0.1, 0.15) is 36.0 Å². The lowest BCUT2D eigenvalue weighted by atomic mass is 9.92. The van der Waals surface area contributed by atoms with E-state index in [1.807, 2.05) is 0 Å². The zero-order valence-electron chi connectivity index (χ0n) is 12.4. The van der Waals surface area contributed by atoms with Crippen LogP contribution in [-0.2, 0) is 0 Å². The Labute approximate surface area is 127 Å². The summed E-state index contributed by atoms with van der Waals surface area (Å²) in [6.07, 6.45) is 4.29. The Hall–Kier alpha value is -2.08. The number of methoxy groups -OCH3 is 1. The second-order valence-electron chi connectivity index (χ2n) is 5.63. The van der Waals surface area contributed by atoms with Crippen LogP contribution in [0.5, 0.6) is 5.75 Å². The number of aliphatic hydroxyl groups excluding tert-OH is 1. The van der Waals surface area contributed by atoms with E-state index < -0.39 is 11.9 Å². The molecule has 1 aromatic heterocycles. The van der Waals surface area contributed by atoms with Gasteiger partial charge in [0.25, 0.3) is 5.91 Å². The number of fused-ring (bicyclic) bond motifs is 1. The highest BCUT2D eigenvalue weighted by molar-refractivity contribution is 6.08. The smallest absolute Gasteiger partial charge is 0.253 e. The molecule has 22 heavy (non-hydrogen) atoms. The minimum absolute atomic E-state index is 0.210. The van der Waals surface area contributed by atoms with Crippen molar-refractivity contribution in [3.63, 3.8) is 0 Å². The van der Waals surface area contributed by atoms with Crippen LogP contribution in [0.15, 0.2) is 18.3 Å². The second kappa shape index (κ2) is 5.96. The van der Waals surface area contributed by atoms with E-state index in [1.54, 1.807) is 0 Å². The Bertz CT molecular complexity index is 698. The molecule has 0 bridgehead atoms. The number of rotatable bonds is 3. The van der Waals surface area contributed by atoms with Crippen molar-refractivity contribution in [1.29, 1.82) is 0 Å². The van der Waals surface area contributed by atoms with Crippen molar-refractivity contribution in [2.45, 2.75) is 37.8 Å². The third kappa shape index (κ3) is 2.54. The molecule has 1 amide bonds. The molecule has 1 fully saturated rings. The Balaban J connectivity index is 1.91. The number of H-pyrrole nitrogens is 1. The maximum Gasteiger partial charge on any atom is 0.253 e. The van der Waals surface area contributed by atoms with Gasteiger partial charge in [0, 0.05) is 6.20 Å². The number of aromatic nitrogens is 1. The number of aliphatic hydroxyl groups is 1. The molecular formula is C16H19FN2O3. The zero-order chi connectivity index (χ0) is 15.7. The van der Waals surface area contributed by atoms with E-state index in [-0.39, 0.29) is 22.9 Å². The first-order chi connectivity index (χ1) is 10.6. The van der Waals surface area contributed by atoms with Gasteiger partial charge in [0.05, 0.1) is 35.7 Å². The number of nitrogens with one attached hydrogen (secondary N) is 2. The standard InChI is InChI=1S/C16H19FN2O3/c1-22-13-7-6-10(17)14-9(8-18-15(13)14)16(21)19-11-4-2-3-5-12(11)20/h6-8,11-12,18,20H,2-5H2,1H3,(H,19,21)/t11-,12-/m0/s1. The molecule has 2 aromatic rings. The lowest BCUT2D eigenvalue weighted by Gasteiger charge is -2.28. The fourth-order valence-electron chi connectivity index (χ4n) is 3.06. The van der Waals surface area contributed by atoms with Gasteiger partial charge in [0.2, 0.25) is 0 Å². The fourth-order valence-corrected chi connectivity index (χ4v) is 3.06. The summed E-state index contributed by atoms with van der Waals surface area (Å²) in [6.45, 7) is 0. The molecule has 2 atom stereocenters. The molecule has 0 aliphatic heterocycles. The van der Waals surface area contributed by atoms with Crippen molar-refractivity contribution in [2.24, 2.45) is 0 Å². The maximum atomic E-state index is 14.1. The highest BCUT2D eigenvalue weighted by Crippen LogP contribution is 2.30. The van der Waals surface area contributed by atoms with Crippen LogP contribution in [0.25, 0.3) is 10.9 Å². The monoisotopic (exact) mass is 306 g/mol. The lowest BCUT2D eigenvalue weighted by Crippen LogP contribution is -2.45. The zero-order valence-corrected chi connectivity index (χ0v) is 12.4. The average molecular weight is 306 g/mol. The van der Waals surface area contributed by atoms with Crippen molar-refractivity contribution in [3.8, 4) is 5.75 Å². The topological polar surface area (TPSA) is 74.3 Å². The summed E-state index contributed by atoms with van der Waals surface area (Å²) in [5.41, 5.74) is 0.681. The van der Waals surface area contributed by atoms with Crippen molar-refractivity contribution in [1.82, 2.24) is 10.3 Å². The minimum Gasteiger partial charge on any atom is -0.495 e. The number of amides is 1. The van der Waals surface area contributed by atoms with Gasteiger partial charge in [0.1, 0.15) is 11.6 Å². The van der Waals surface area contributed by atoms with Gasteiger partial charge in [-0.1, -0.05) is 12.8 Å². The molecule has 5 nitrogen and oxygen atoms in total. The van der Waals surface area contributed by atoms with Crippen molar-refractivity contribution >= 4 is 16.8 Å². The Kier molecular flexibility index (Phi) is 4.02. The quantitative estimate of drug-likeness (QED) is 0.815. The Morgan fingerprint density at radius 2 is 2.18 bits per heavy atom. The number of ether oxygens (including phenoxy) is 1. The lowest BCUT2D eigenvalue weighted by molar-refractivity contribution is 0.0718. The van der Waals surface area contributed by atoms with Crippen LogP contribution in [0.4, 0.5) is 4.39 Å². The molecule has 0 radical (unpaired) electrons. The van der Waals surface area contributed by atoms with E-state index in [0.717, 1.165) is 19.3 Å². The third-order valence-electron chi connectivity index (χ3n) is 4.26. The van der Waals surface area contributed by atoms with Crippen LogP contribution in [0.3, 0.4) is 0 Å². The summed E-state index contributed by atoms with van der Waals surface area (Å²) in [5.74, 6) is -0.385. The van der Waals surface area contributed by atoms with E-state index in [4.69, 9.17) is 4.74 Å². The van der Waals surface area contributed by atoms with E-state index in [9.17, 15) is 14.3 Å². The summed E-state index contributed by atoms with van der Waals surface area (Å²) in [4.78, 5) is 15.3. The molecule has 1 heterocycles. The summed E-state index contributed by atoms with van der Waals surface area (Å²) >= 11 is 0. The first-order valence-corrected chi connectivity index (χ1v) is 7.44. The van der Waals surface area contributed by atoms with Gasteiger partial charge in [-0.25, -0.2) is 4.39 Å². The Morgan fingerprint density at radius 3 is 2.91 bits per heavy atom. The van der Waals surface area contributed by atoms with Crippen LogP contribution < -0.4 is 10.1 Å². The van der Waals surface area contributed by atoms with Crippen LogP contribution >= 0.6 is 0 Å². The van der Waals surface area contributed by atoms with E-state index >= 15 is 0 Å². The molecule has 1 aliphatic rings. The molecule has 0 unspecified atom stereocenters. The molecule has 1 aliphatic carbocycles. The number of hydrogen-bond donors (Lipinski definition) is 3. The van der Waals surface area contributed by atoms with Gasteiger partial charge in [0.15, 0.2) is 0 Å². The SMILES string of the molecule is COc1ccc(F)c2c(C(=O)N[C@H]3CCCC[C@@H]3O)c[nH]c12. The molecule has 1 aromatic carbocycles. The molecule has 118 valence electrons. The first-order valence-electron chi connectivity index (χ1n) is 7.44. The van der Waals surface area contributed by atoms with Crippen molar-refractivity contribution in [3.05, 3.63) is 29.7 Å². The van der Waals surface area contributed by atoms with Gasteiger partial charge in [-0.15, -0.1) is 0 Å². The molecule has 3 N–H and O–H groups in total. The summed E-state index contributed by atoms with van der Waals surface area (Å²) in [6, 6.07) is 2.52. The number of halogens is 1. The molecule has 0 spiro atoms. The van der Waals surface area contributed by atoms with E-state index in [2.05, 4.69) is 10.3 Å². The van der Waals surface area contributed by atoms with Crippen LogP contribution in [0.2, 0.25) is 0 Å². The molecular weight excluding hydrogens is 287 g/mol. The molecule has 3 rings (SSSR count). The van der Waals surface area contributed by atoms with Gasteiger partial charge >= 0.3 is 0 Å². The second-order valence-corrected chi connectivity index (χ2v) is 5.63. The van der Waals surface area contributed by atoms with E-state index in [0.29, 0.717) is 17.7 Å². The minimum atomic E-state index is -0.540. The number of carbonyl (C=O) groups excluding carboxylic acids is 1. The maximum absolute atomic E-state index is 14.1. The fraction of sp³-hybridized carbons (Fsp3) is 0.438. The van der Waals surface area contributed by atoms with Crippen LogP contribution in [0, 0.1) is 5.82 Å². The molecule has 0 saturated heterocycles. The Morgan fingerprint density at radius 1 is 1.41 bits per heavy atom. The summed E-state index contributed by atoms with van der Waals surface area (Å²) < 4.78 is 19.3. The largest absolute Gasteiger partial charge is 0.495 e. The van der Waals surface area contributed by atoms with Crippen molar-refractivity contribution < 1.29 is 19.0 Å². The van der Waals surface area contributed by atoms with Gasteiger partial charge in [-0.3, -0.25) is 4.79 Å². The van der Waals surface area contributed by atoms with Crippen LogP contribution in [-0.4, -0.2) is 35.3 Å². The van der Waals surface area contributed by atoms with E-state index in [1.165, 1.54) is 25.4 Å². The average Bonchev–Trinajstić information content (AvgIpc) is 2.96. The highest BCUT2D eigenvalue weighted by atomic mass is 19.1. The summed E-state index contributed by atoms with van der Waals surface area (Å²) in [7, 11) is 1.49.